The standard InChI is InChI=1S/C21H13ClFN/c22-17-12-6-4-10-15(17)21-20(23)19(14-8-2-1-3-9-14)16-11-5-7-13-18(16)24-21/h1-13H. The lowest BCUT2D eigenvalue weighted by atomic mass is 9.97. The molecule has 0 N–H and O–H groups in total. The molecule has 0 amide bonds. The maximum atomic E-state index is 15.4. The van der Waals surface area contributed by atoms with Crippen LogP contribution in [0.2, 0.25) is 5.02 Å². The van der Waals surface area contributed by atoms with Crippen LogP contribution in [0.3, 0.4) is 0 Å². The SMILES string of the molecule is Fc1c(-c2ccccc2Cl)nc2ccccc2c1-c1ccccc1. The van der Waals surface area contributed by atoms with Gasteiger partial charge in [0.2, 0.25) is 0 Å². The summed E-state index contributed by atoms with van der Waals surface area (Å²) >= 11 is 6.27. The molecular formula is C21H13ClFN. The van der Waals surface area contributed by atoms with Crippen molar-refractivity contribution in [2.75, 3.05) is 0 Å². The van der Waals surface area contributed by atoms with E-state index in [4.69, 9.17) is 11.6 Å². The van der Waals surface area contributed by atoms with E-state index >= 15 is 4.39 Å². The largest absolute Gasteiger partial charge is 0.245 e. The van der Waals surface area contributed by atoms with E-state index in [1.807, 2.05) is 66.7 Å². The number of nitrogens with zero attached hydrogens (tertiary/aromatic N) is 1. The van der Waals surface area contributed by atoms with E-state index < -0.39 is 0 Å². The zero-order valence-electron chi connectivity index (χ0n) is 12.7. The summed E-state index contributed by atoms with van der Waals surface area (Å²) in [7, 11) is 0. The summed E-state index contributed by atoms with van der Waals surface area (Å²) in [6.07, 6.45) is 0. The van der Waals surface area contributed by atoms with Gasteiger partial charge in [0.15, 0.2) is 5.82 Å². The van der Waals surface area contributed by atoms with Crippen molar-refractivity contribution in [3.63, 3.8) is 0 Å². The Balaban J connectivity index is 2.11. The fraction of sp³-hybridized carbons (Fsp3) is 0. The predicted octanol–water partition coefficient (Wildman–Crippen LogP) is 6.36. The molecule has 3 aromatic carbocycles. The van der Waals surface area contributed by atoms with Gasteiger partial charge in [-0.25, -0.2) is 9.37 Å². The van der Waals surface area contributed by atoms with Crippen LogP contribution in [0.4, 0.5) is 4.39 Å². The number of hydrogen-bond acceptors (Lipinski definition) is 1. The van der Waals surface area contributed by atoms with Crippen molar-refractivity contribution in [1.29, 1.82) is 0 Å². The third kappa shape index (κ3) is 2.45. The number of benzene rings is 3. The number of rotatable bonds is 2. The van der Waals surface area contributed by atoms with Crippen LogP contribution in [0, 0.1) is 5.82 Å². The number of para-hydroxylation sites is 1. The third-order valence-corrected chi connectivity index (χ3v) is 4.35. The van der Waals surface area contributed by atoms with Crippen LogP contribution in [-0.2, 0) is 0 Å². The van der Waals surface area contributed by atoms with Gasteiger partial charge in [0.1, 0.15) is 5.69 Å². The summed E-state index contributed by atoms with van der Waals surface area (Å²) in [6.45, 7) is 0. The van der Waals surface area contributed by atoms with Crippen LogP contribution in [-0.4, -0.2) is 4.98 Å². The fourth-order valence-electron chi connectivity index (χ4n) is 2.91. The molecular weight excluding hydrogens is 321 g/mol. The van der Waals surface area contributed by atoms with Gasteiger partial charge in [-0.2, -0.15) is 0 Å². The molecule has 3 heteroatoms. The molecule has 0 saturated carbocycles. The molecule has 0 radical (unpaired) electrons. The zero-order valence-corrected chi connectivity index (χ0v) is 13.5. The lowest BCUT2D eigenvalue weighted by Crippen LogP contribution is -1.96. The molecule has 1 aromatic heterocycles. The minimum atomic E-state index is -0.354. The van der Waals surface area contributed by atoms with E-state index in [1.165, 1.54) is 0 Å². The van der Waals surface area contributed by atoms with Crippen molar-refractivity contribution in [3.8, 4) is 22.4 Å². The van der Waals surface area contributed by atoms with E-state index in [2.05, 4.69) is 4.98 Å². The first-order valence-electron chi connectivity index (χ1n) is 7.64. The normalized spacial score (nSPS) is 10.9. The minimum Gasteiger partial charge on any atom is -0.245 e. The highest BCUT2D eigenvalue weighted by atomic mass is 35.5. The first-order valence-corrected chi connectivity index (χ1v) is 8.02. The van der Waals surface area contributed by atoms with E-state index in [-0.39, 0.29) is 11.5 Å². The quantitative estimate of drug-likeness (QED) is 0.416. The smallest absolute Gasteiger partial charge is 0.157 e. The Morgan fingerprint density at radius 1 is 0.750 bits per heavy atom. The molecule has 0 fully saturated rings. The first-order chi connectivity index (χ1) is 11.8. The highest BCUT2D eigenvalue weighted by molar-refractivity contribution is 6.33. The van der Waals surface area contributed by atoms with E-state index in [9.17, 15) is 0 Å². The summed E-state index contributed by atoms with van der Waals surface area (Å²) in [4.78, 5) is 4.53. The number of pyridine rings is 1. The van der Waals surface area contributed by atoms with Gasteiger partial charge in [0.05, 0.1) is 10.5 Å². The molecule has 4 rings (SSSR count). The predicted molar refractivity (Wildman–Crippen MR) is 97.6 cm³/mol. The average Bonchev–Trinajstić information content (AvgIpc) is 2.63. The van der Waals surface area contributed by atoms with Gasteiger partial charge in [-0.3, -0.25) is 0 Å². The van der Waals surface area contributed by atoms with Crippen molar-refractivity contribution in [2.24, 2.45) is 0 Å². The summed E-state index contributed by atoms with van der Waals surface area (Å²) in [5.74, 6) is -0.354. The van der Waals surface area contributed by atoms with Crippen molar-refractivity contribution in [3.05, 3.63) is 89.7 Å². The Labute approximate surface area is 144 Å². The molecule has 4 aromatic rings. The van der Waals surface area contributed by atoms with Crippen LogP contribution in [0.15, 0.2) is 78.9 Å². The number of halogens is 2. The molecule has 0 unspecified atom stereocenters. The van der Waals surface area contributed by atoms with Gasteiger partial charge in [0, 0.05) is 16.5 Å². The second-order valence-corrected chi connectivity index (χ2v) is 5.92. The Bertz CT molecular complexity index is 1030. The van der Waals surface area contributed by atoms with Gasteiger partial charge in [-0.05, 0) is 17.7 Å². The van der Waals surface area contributed by atoms with Crippen LogP contribution >= 0.6 is 11.6 Å². The molecule has 1 heterocycles. The first kappa shape index (κ1) is 14.9. The van der Waals surface area contributed by atoms with E-state index in [1.54, 1.807) is 12.1 Å². The molecule has 24 heavy (non-hydrogen) atoms. The lowest BCUT2D eigenvalue weighted by Gasteiger charge is -2.13. The Morgan fingerprint density at radius 3 is 2.21 bits per heavy atom. The summed E-state index contributed by atoms with van der Waals surface area (Å²) in [5.41, 5.74) is 2.99. The Morgan fingerprint density at radius 2 is 1.42 bits per heavy atom. The van der Waals surface area contributed by atoms with Crippen LogP contribution < -0.4 is 0 Å². The van der Waals surface area contributed by atoms with Crippen LogP contribution in [0.5, 0.6) is 0 Å². The molecule has 0 aliphatic rings. The summed E-state index contributed by atoms with van der Waals surface area (Å²) in [5, 5.41) is 1.27. The molecule has 116 valence electrons. The number of fused-ring (bicyclic) bond motifs is 1. The third-order valence-electron chi connectivity index (χ3n) is 4.02. The van der Waals surface area contributed by atoms with Gasteiger partial charge in [0.25, 0.3) is 0 Å². The highest BCUT2D eigenvalue weighted by Gasteiger charge is 2.18. The highest BCUT2D eigenvalue weighted by Crippen LogP contribution is 2.37. The summed E-state index contributed by atoms with van der Waals surface area (Å²) in [6, 6.07) is 24.3. The van der Waals surface area contributed by atoms with Crippen LogP contribution in [0.25, 0.3) is 33.3 Å². The van der Waals surface area contributed by atoms with Gasteiger partial charge in [-0.15, -0.1) is 0 Å². The molecule has 0 saturated heterocycles. The molecule has 0 bridgehead atoms. The summed E-state index contributed by atoms with van der Waals surface area (Å²) < 4.78 is 15.4. The minimum absolute atomic E-state index is 0.276. The zero-order chi connectivity index (χ0) is 16.5. The lowest BCUT2D eigenvalue weighted by molar-refractivity contribution is 0.631. The van der Waals surface area contributed by atoms with Crippen molar-refractivity contribution < 1.29 is 4.39 Å². The second kappa shape index (κ2) is 6.06. The maximum Gasteiger partial charge on any atom is 0.157 e. The second-order valence-electron chi connectivity index (χ2n) is 5.51. The van der Waals surface area contributed by atoms with E-state index in [0.29, 0.717) is 16.1 Å². The van der Waals surface area contributed by atoms with Crippen molar-refractivity contribution in [2.45, 2.75) is 0 Å². The monoisotopic (exact) mass is 333 g/mol. The fourth-order valence-corrected chi connectivity index (χ4v) is 3.13. The maximum absolute atomic E-state index is 15.4. The topological polar surface area (TPSA) is 12.9 Å². The Kier molecular flexibility index (Phi) is 3.75. The number of hydrogen-bond donors (Lipinski definition) is 0. The van der Waals surface area contributed by atoms with Crippen LogP contribution in [0.1, 0.15) is 0 Å². The number of aromatic nitrogens is 1. The van der Waals surface area contributed by atoms with E-state index in [0.717, 1.165) is 16.5 Å². The molecule has 1 nitrogen and oxygen atoms in total. The van der Waals surface area contributed by atoms with Gasteiger partial charge in [-0.1, -0.05) is 78.3 Å². The Hall–Kier alpha value is -2.71. The van der Waals surface area contributed by atoms with Gasteiger partial charge < -0.3 is 0 Å². The molecule has 0 spiro atoms. The molecule has 0 aliphatic carbocycles. The van der Waals surface area contributed by atoms with Crippen molar-refractivity contribution >= 4 is 22.5 Å². The molecule has 0 atom stereocenters. The molecule has 0 aliphatic heterocycles. The van der Waals surface area contributed by atoms with Crippen molar-refractivity contribution in [1.82, 2.24) is 4.98 Å². The average molecular weight is 334 g/mol. The van der Waals surface area contributed by atoms with Gasteiger partial charge >= 0.3 is 0 Å².